The molecular formula is C28H17NO2S. The zero-order chi connectivity index (χ0) is 21.7. The van der Waals surface area contributed by atoms with Gasteiger partial charge in [0.2, 0.25) is 0 Å². The van der Waals surface area contributed by atoms with Crippen molar-refractivity contribution >= 4 is 46.5 Å². The van der Waals surface area contributed by atoms with Crippen LogP contribution >= 0.6 is 11.8 Å². The molecule has 3 nitrogen and oxygen atoms in total. The maximum atomic E-state index is 12.8. The fourth-order valence-electron chi connectivity index (χ4n) is 4.29. The first-order valence-corrected chi connectivity index (χ1v) is 11.2. The Morgan fingerprint density at radius 1 is 0.625 bits per heavy atom. The molecule has 0 spiro atoms. The van der Waals surface area contributed by atoms with Crippen molar-refractivity contribution in [1.29, 1.82) is 0 Å². The second kappa shape index (κ2) is 7.36. The number of hydrogen-bond acceptors (Lipinski definition) is 4. The van der Waals surface area contributed by atoms with Gasteiger partial charge < -0.3 is 4.90 Å². The van der Waals surface area contributed by atoms with Gasteiger partial charge in [0.05, 0.1) is 16.9 Å². The fourth-order valence-corrected chi connectivity index (χ4v) is 5.40. The van der Waals surface area contributed by atoms with E-state index in [1.807, 2.05) is 36.4 Å². The summed E-state index contributed by atoms with van der Waals surface area (Å²) in [5.41, 5.74) is 5.35. The Balaban J connectivity index is 1.45. The van der Waals surface area contributed by atoms with Crippen LogP contribution in [0.1, 0.15) is 26.3 Å². The molecule has 6 rings (SSSR count). The lowest BCUT2D eigenvalue weighted by Crippen LogP contribution is -2.14. The van der Waals surface area contributed by atoms with Gasteiger partial charge in [0.1, 0.15) is 0 Å². The summed E-state index contributed by atoms with van der Waals surface area (Å²) in [6.07, 6.45) is 1.72. The number of fused-ring (bicyclic) bond motifs is 3. The average molecular weight is 432 g/mol. The first-order chi connectivity index (χ1) is 15.7. The monoisotopic (exact) mass is 431 g/mol. The number of hydrogen-bond donors (Lipinski definition) is 0. The molecule has 0 N–H and O–H groups in total. The van der Waals surface area contributed by atoms with E-state index in [4.69, 9.17) is 0 Å². The summed E-state index contributed by atoms with van der Waals surface area (Å²) in [4.78, 5) is 30.1. The Morgan fingerprint density at radius 2 is 1.25 bits per heavy atom. The van der Waals surface area contributed by atoms with E-state index in [0.717, 1.165) is 32.4 Å². The third-order valence-corrected chi connectivity index (χ3v) is 6.89. The molecule has 152 valence electrons. The molecule has 1 heterocycles. The van der Waals surface area contributed by atoms with Gasteiger partial charge in [-0.3, -0.25) is 9.59 Å². The van der Waals surface area contributed by atoms with Crippen LogP contribution in [0.2, 0.25) is 0 Å². The summed E-state index contributed by atoms with van der Waals surface area (Å²) in [6, 6.07) is 31.7. The average Bonchev–Trinajstić information content (AvgIpc) is 3.08. The van der Waals surface area contributed by atoms with Crippen molar-refractivity contribution in [2.24, 2.45) is 0 Å². The van der Waals surface area contributed by atoms with Crippen molar-refractivity contribution in [1.82, 2.24) is 0 Å². The zero-order valence-electron chi connectivity index (χ0n) is 17.0. The first-order valence-electron chi connectivity index (χ1n) is 10.4. The Kier molecular flexibility index (Phi) is 4.33. The van der Waals surface area contributed by atoms with Gasteiger partial charge in [-0.1, -0.05) is 72.4 Å². The summed E-state index contributed by atoms with van der Waals surface area (Å²) in [7, 11) is 0. The summed E-state index contributed by atoms with van der Waals surface area (Å²) >= 11 is 1.70. The van der Waals surface area contributed by atoms with E-state index in [9.17, 15) is 9.59 Å². The topological polar surface area (TPSA) is 37.4 Å². The fraction of sp³-hybridized carbons (Fsp3) is 0. The highest BCUT2D eigenvalue weighted by atomic mass is 32.2. The molecule has 0 bridgehead atoms. The number of carbonyl (C=O) groups excluding carboxylic acids is 2. The van der Waals surface area contributed by atoms with Crippen molar-refractivity contribution in [2.45, 2.75) is 9.79 Å². The molecule has 0 fully saturated rings. The Morgan fingerprint density at radius 3 is 2.00 bits per heavy atom. The molecule has 0 saturated carbocycles. The highest BCUT2D eigenvalue weighted by molar-refractivity contribution is 7.99. The minimum atomic E-state index is -0.202. The molecule has 1 aliphatic carbocycles. The van der Waals surface area contributed by atoms with Crippen LogP contribution in [0.3, 0.4) is 0 Å². The molecule has 0 unspecified atom stereocenters. The van der Waals surface area contributed by atoms with Crippen LogP contribution < -0.4 is 4.90 Å². The number of Topliss-reactive ketones (excluding diaryl/α,β-unsaturated/α-hetero) is 2. The maximum absolute atomic E-state index is 12.8. The van der Waals surface area contributed by atoms with Crippen molar-refractivity contribution in [3.63, 3.8) is 0 Å². The largest absolute Gasteiger partial charge is 0.308 e. The molecule has 4 aromatic carbocycles. The molecule has 0 atom stereocenters. The molecule has 1 aliphatic heterocycles. The van der Waals surface area contributed by atoms with E-state index in [-0.39, 0.29) is 17.1 Å². The second-order valence-corrected chi connectivity index (χ2v) is 8.81. The van der Waals surface area contributed by atoms with E-state index in [1.54, 1.807) is 42.1 Å². The van der Waals surface area contributed by atoms with Gasteiger partial charge in [-0.05, 0) is 48.0 Å². The Bertz CT molecular complexity index is 1400. The van der Waals surface area contributed by atoms with Gasteiger partial charge in [0.25, 0.3) is 0 Å². The number of benzene rings is 4. The maximum Gasteiger partial charge on any atom is 0.197 e. The molecule has 0 radical (unpaired) electrons. The van der Waals surface area contributed by atoms with Crippen LogP contribution in [0.4, 0.5) is 17.1 Å². The standard InChI is InChI=1S/C28H17NO2S/c30-27-20-10-4-5-11-21(20)28(31)22(27)16-18-14-15-24-26(17-18)32-25-13-7-6-12-23(25)29(24)19-8-2-1-3-9-19/h1-17H. The molecule has 0 amide bonds. The number of carbonyl (C=O) groups is 2. The highest BCUT2D eigenvalue weighted by Gasteiger charge is 2.32. The lowest BCUT2D eigenvalue weighted by molar-refractivity contribution is 0.0990. The number of ketones is 2. The lowest BCUT2D eigenvalue weighted by atomic mass is 10.1. The first kappa shape index (κ1) is 18.8. The van der Waals surface area contributed by atoms with E-state index in [0.29, 0.717) is 11.1 Å². The Labute approximate surface area is 190 Å². The van der Waals surface area contributed by atoms with Crippen molar-refractivity contribution in [2.75, 3.05) is 4.90 Å². The minimum absolute atomic E-state index is 0.202. The summed E-state index contributed by atoms with van der Waals surface area (Å²) in [5, 5.41) is 0. The minimum Gasteiger partial charge on any atom is -0.308 e. The molecule has 4 aromatic rings. The van der Waals surface area contributed by atoms with Crippen molar-refractivity contribution in [3.05, 3.63) is 119 Å². The van der Waals surface area contributed by atoms with Gasteiger partial charge in [-0.25, -0.2) is 0 Å². The van der Waals surface area contributed by atoms with Crippen LogP contribution in [0.15, 0.2) is 112 Å². The van der Waals surface area contributed by atoms with E-state index in [1.165, 1.54) is 0 Å². The quantitative estimate of drug-likeness (QED) is 0.221. The van der Waals surface area contributed by atoms with Gasteiger partial charge in [-0.15, -0.1) is 0 Å². The van der Waals surface area contributed by atoms with Gasteiger partial charge in [-0.2, -0.15) is 0 Å². The predicted molar refractivity (Wildman–Crippen MR) is 128 cm³/mol. The third kappa shape index (κ3) is 2.92. The molecule has 0 saturated heterocycles. The van der Waals surface area contributed by atoms with Crippen molar-refractivity contribution in [3.8, 4) is 0 Å². The van der Waals surface area contributed by atoms with Crippen LogP contribution in [0.5, 0.6) is 0 Å². The SMILES string of the molecule is O=C1C(=Cc2ccc3c(c2)Sc2ccccc2N3c2ccccc2)C(=O)c2ccccc21. The third-order valence-electron chi connectivity index (χ3n) is 5.78. The highest BCUT2D eigenvalue weighted by Crippen LogP contribution is 2.51. The van der Waals surface area contributed by atoms with Gasteiger partial charge >= 0.3 is 0 Å². The van der Waals surface area contributed by atoms with E-state index < -0.39 is 0 Å². The van der Waals surface area contributed by atoms with Crippen LogP contribution in [0.25, 0.3) is 6.08 Å². The number of nitrogens with zero attached hydrogens (tertiary/aromatic N) is 1. The summed E-state index contributed by atoms with van der Waals surface area (Å²) in [6.45, 7) is 0. The molecule has 2 aliphatic rings. The smallest absolute Gasteiger partial charge is 0.197 e. The number of para-hydroxylation sites is 2. The number of rotatable bonds is 2. The van der Waals surface area contributed by atoms with Crippen LogP contribution in [0, 0.1) is 0 Å². The lowest BCUT2D eigenvalue weighted by Gasteiger charge is -2.33. The number of anilines is 3. The van der Waals surface area contributed by atoms with Crippen LogP contribution in [-0.4, -0.2) is 11.6 Å². The predicted octanol–water partition coefficient (Wildman–Crippen LogP) is 7.08. The number of allylic oxidation sites excluding steroid dienone is 1. The Hall–Kier alpha value is -3.89. The molecule has 4 heteroatoms. The summed E-state index contributed by atoms with van der Waals surface area (Å²) in [5.74, 6) is -0.403. The summed E-state index contributed by atoms with van der Waals surface area (Å²) < 4.78 is 0. The molecule has 32 heavy (non-hydrogen) atoms. The van der Waals surface area contributed by atoms with Crippen LogP contribution in [-0.2, 0) is 0 Å². The van der Waals surface area contributed by atoms with E-state index in [2.05, 4.69) is 41.3 Å². The second-order valence-electron chi connectivity index (χ2n) is 7.73. The van der Waals surface area contributed by atoms with Gasteiger partial charge in [0, 0.05) is 26.6 Å². The molecule has 0 aromatic heterocycles. The zero-order valence-corrected chi connectivity index (χ0v) is 17.8. The van der Waals surface area contributed by atoms with Gasteiger partial charge in [0.15, 0.2) is 11.6 Å². The molecular weight excluding hydrogens is 414 g/mol. The van der Waals surface area contributed by atoms with E-state index >= 15 is 0 Å². The van der Waals surface area contributed by atoms with Crippen molar-refractivity contribution < 1.29 is 9.59 Å². The normalized spacial score (nSPS) is 14.1.